The van der Waals surface area contributed by atoms with Crippen LogP contribution in [0.5, 0.6) is 0 Å². The predicted molar refractivity (Wildman–Crippen MR) is 70.0 cm³/mol. The van der Waals surface area contributed by atoms with E-state index in [0.29, 0.717) is 0 Å². The van der Waals surface area contributed by atoms with Gasteiger partial charge in [0, 0.05) is 11.8 Å². The Labute approximate surface area is 103 Å². The van der Waals surface area contributed by atoms with E-state index in [1.807, 2.05) is 6.07 Å². The van der Waals surface area contributed by atoms with Gasteiger partial charge in [0.25, 0.3) is 0 Å². The van der Waals surface area contributed by atoms with Crippen LogP contribution in [0, 0.1) is 0 Å². The smallest absolute Gasteiger partial charge is 0.130 e. The van der Waals surface area contributed by atoms with Gasteiger partial charge in [-0.05, 0) is 19.3 Å². The van der Waals surface area contributed by atoms with Gasteiger partial charge in [-0.1, -0.05) is 27.2 Å². The zero-order valence-electron chi connectivity index (χ0n) is 11.0. The van der Waals surface area contributed by atoms with E-state index in [4.69, 9.17) is 0 Å². The molecule has 0 saturated carbocycles. The number of nitrogens with one attached hydrogen (secondary N) is 1. The summed E-state index contributed by atoms with van der Waals surface area (Å²) < 4.78 is 0. The Balaban J connectivity index is 2.82. The van der Waals surface area contributed by atoms with Gasteiger partial charge in [0.2, 0.25) is 0 Å². The van der Waals surface area contributed by atoms with Crippen LogP contribution >= 0.6 is 0 Å². The van der Waals surface area contributed by atoms with Crippen molar-refractivity contribution in [2.24, 2.45) is 0 Å². The molecule has 0 aromatic carbocycles. The molecule has 0 aliphatic carbocycles. The van der Waals surface area contributed by atoms with Crippen LogP contribution in [0.3, 0.4) is 0 Å². The molecule has 0 atom stereocenters. The van der Waals surface area contributed by atoms with Gasteiger partial charge in [-0.2, -0.15) is 0 Å². The topological polar surface area (TPSA) is 58.0 Å². The minimum atomic E-state index is -0.266. The van der Waals surface area contributed by atoms with Crippen LogP contribution in [0.1, 0.15) is 45.7 Å². The van der Waals surface area contributed by atoms with E-state index >= 15 is 0 Å². The summed E-state index contributed by atoms with van der Waals surface area (Å²) in [6.07, 6.45) is 5.35. The van der Waals surface area contributed by atoms with Crippen molar-refractivity contribution in [2.45, 2.75) is 52.0 Å². The summed E-state index contributed by atoms with van der Waals surface area (Å²) >= 11 is 0. The molecule has 2 N–H and O–H groups in total. The molecule has 4 heteroatoms. The van der Waals surface area contributed by atoms with E-state index in [0.717, 1.165) is 37.2 Å². The Bertz CT molecular complexity index is 329. The molecule has 0 amide bonds. The van der Waals surface area contributed by atoms with E-state index in [9.17, 15) is 5.11 Å². The molecular formula is C13H23N3O. The first-order chi connectivity index (χ1) is 8.19. The number of aliphatic hydroxyl groups excluding tert-OH is 1. The Morgan fingerprint density at radius 3 is 2.47 bits per heavy atom. The molecule has 0 spiro atoms. The molecule has 0 radical (unpaired) electrons. The summed E-state index contributed by atoms with van der Waals surface area (Å²) in [5.41, 5.74) is 0.779. The van der Waals surface area contributed by atoms with E-state index in [2.05, 4.69) is 36.1 Å². The zero-order chi connectivity index (χ0) is 12.7. The molecule has 4 nitrogen and oxygen atoms in total. The highest BCUT2D eigenvalue weighted by Crippen LogP contribution is 2.20. The maximum absolute atomic E-state index is 9.50. The summed E-state index contributed by atoms with van der Waals surface area (Å²) in [6.45, 7) is 6.39. The number of hydrogen-bond acceptors (Lipinski definition) is 4. The Hall–Kier alpha value is -1.16. The number of aliphatic hydroxyl groups is 1. The maximum Gasteiger partial charge on any atom is 0.130 e. The van der Waals surface area contributed by atoms with Crippen LogP contribution in [-0.2, 0) is 6.42 Å². The molecule has 0 aliphatic rings. The van der Waals surface area contributed by atoms with Crippen LogP contribution in [-0.4, -0.2) is 27.2 Å². The van der Waals surface area contributed by atoms with Crippen LogP contribution in [0.2, 0.25) is 0 Å². The molecule has 0 aliphatic heterocycles. The van der Waals surface area contributed by atoms with Crippen molar-refractivity contribution >= 4 is 5.82 Å². The van der Waals surface area contributed by atoms with Crippen molar-refractivity contribution < 1.29 is 5.11 Å². The number of rotatable bonds is 7. The van der Waals surface area contributed by atoms with Crippen molar-refractivity contribution in [1.82, 2.24) is 9.97 Å². The average molecular weight is 237 g/mol. The zero-order valence-corrected chi connectivity index (χ0v) is 11.0. The lowest BCUT2D eigenvalue weighted by molar-refractivity contribution is 0.202. The number of nitrogens with zero attached hydrogens (tertiary/aromatic N) is 2. The van der Waals surface area contributed by atoms with Crippen molar-refractivity contribution in [3.8, 4) is 0 Å². The molecule has 1 aromatic rings. The largest absolute Gasteiger partial charge is 0.394 e. The van der Waals surface area contributed by atoms with Gasteiger partial charge >= 0.3 is 0 Å². The third-order valence-corrected chi connectivity index (χ3v) is 3.28. The fourth-order valence-electron chi connectivity index (χ4n) is 1.82. The van der Waals surface area contributed by atoms with Gasteiger partial charge in [-0.3, -0.25) is 0 Å². The number of aryl methyl sites for hydroxylation is 1. The van der Waals surface area contributed by atoms with Crippen LogP contribution in [0.4, 0.5) is 5.82 Å². The highest BCUT2D eigenvalue weighted by atomic mass is 16.3. The third kappa shape index (κ3) is 3.66. The first kappa shape index (κ1) is 13.9. The molecule has 0 fully saturated rings. The van der Waals surface area contributed by atoms with Crippen LogP contribution < -0.4 is 5.32 Å². The first-order valence-electron chi connectivity index (χ1n) is 6.39. The number of anilines is 1. The van der Waals surface area contributed by atoms with Gasteiger partial charge in [0.1, 0.15) is 12.1 Å². The molecule has 96 valence electrons. The van der Waals surface area contributed by atoms with Gasteiger partial charge in [-0.15, -0.1) is 0 Å². The predicted octanol–water partition coefficient (Wildman–Crippen LogP) is 2.39. The normalized spacial score (nSPS) is 11.5. The molecule has 0 saturated heterocycles. The summed E-state index contributed by atoms with van der Waals surface area (Å²) in [7, 11) is 0. The second kappa shape index (κ2) is 6.55. The Morgan fingerprint density at radius 2 is 1.94 bits per heavy atom. The lowest BCUT2D eigenvalue weighted by atomic mass is 9.94. The molecule has 1 aromatic heterocycles. The van der Waals surface area contributed by atoms with Gasteiger partial charge in [0.15, 0.2) is 0 Å². The van der Waals surface area contributed by atoms with Crippen molar-refractivity contribution in [1.29, 1.82) is 0 Å². The summed E-state index contributed by atoms with van der Waals surface area (Å²) in [4.78, 5) is 8.44. The highest BCUT2D eigenvalue weighted by Gasteiger charge is 2.25. The van der Waals surface area contributed by atoms with Gasteiger partial charge in [-0.25, -0.2) is 9.97 Å². The van der Waals surface area contributed by atoms with Crippen LogP contribution in [0.15, 0.2) is 12.4 Å². The van der Waals surface area contributed by atoms with E-state index in [-0.39, 0.29) is 12.1 Å². The monoisotopic (exact) mass is 237 g/mol. The van der Waals surface area contributed by atoms with E-state index < -0.39 is 0 Å². The summed E-state index contributed by atoms with van der Waals surface area (Å²) in [5.74, 6) is 0.807. The fourth-order valence-corrected chi connectivity index (χ4v) is 1.82. The second-order valence-electron chi connectivity index (χ2n) is 4.42. The Kier molecular flexibility index (Phi) is 5.35. The van der Waals surface area contributed by atoms with E-state index in [1.165, 1.54) is 0 Å². The average Bonchev–Trinajstić information content (AvgIpc) is 2.37. The lowest BCUT2D eigenvalue weighted by Crippen LogP contribution is -2.41. The fraction of sp³-hybridized carbons (Fsp3) is 0.692. The highest BCUT2D eigenvalue weighted by molar-refractivity contribution is 5.38. The molecule has 1 rings (SSSR count). The van der Waals surface area contributed by atoms with E-state index in [1.54, 1.807) is 6.33 Å². The first-order valence-corrected chi connectivity index (χ1v) is 6.39. The number of hydrogen-bond donors (Lipinski definition) is 2. The Morgan fingerprint density at radius 1 is 1.24 bits per heavy atom. The quantitative estimate of drug-likeness (QED) is 0.764. The minimum Gasteiger partial charge on any atom is -0.394 e. The molecule has 0 bridgehead atoms. The van der Waals surface area contributed by atoms with Crippen LogP contribution in [0.25, 0.3) is 0 Å². The lowest BCUT2D eigenvalue weighted by Gasteiger charge is -2.31. The third-order valence-electron chi connectivity index (χ3n) is 3.28. The summed E-state index contributed by atoms with van der Waals surface area (Å²) in [6, 6.07) is 1.97. The van der Waals surface area contributed by atoms with Gasteiger partial charge in [0.05, 0.1) is 12.1 Å². The number of aromatic nitrogens is 2. The van der Waals surface area contributed by atoms with Crippen molar-refractivity contribution in [2.75, 3.05) is 11.9 Å². The molecule has 17 heavy (non-hydrogen) atoms. The second-order valence-corrected chi connectivity index (χ2v) is 4.42. The minimum absolute atomic E-state index is 0.118. The summed E-state index contributed by atoms with van der Waals surface area (Å²) in [5, 5.41) is 12.8. The van der Waals surface area contributed by atoms with Gasteiger partial charge < -0.3 is 10.4 Å². The molecule has 0 unspecified atom stereocenters. The van der Waals surface area contributed by atoms with Crippen molar-refractivity contribution in [3.05, 3.63) is 18.1 Å². The SMILES string of the molecule is CCCc1cc(NC(CC)(CC)CO)ncn1. The maximum atomic E-state index is 9.50. The molecular weight excluding hydrogens is 214 g/mol. The van der Waals surface area contributed by atoms with Crippen molar-refractivity contribution in [3.63, 3.8) is 0 Å². The standard InChI is InChI=1S/C13H23N3O/c1-4-7-11-8-12(15-10-14-11)16-13(5-2,6-3)9-17/h8,10,17H,4-7,9H2,1-3H3,(H,14,15,16). The molecule has 1 heterocycles.